The molecular weight excluding hydrogens is 494 g/mol. The molecule has 2 aromatic rings. The molecule has 0 unspecified atom stereocenters. The van der Waals surface area contributed by atoms with E-state index in [1.807, 2.05) is 6.20 Å². The van der Waals surface area contributed by atoms with E-state index in [2.05, 4.69) is 15.2 Å². The van der Waals surface area contributed by atoms with Crippen molar-refractivity contribution in [2.45, 2.75) is 69.5 Å². The molecule has 3 aliphatic heterocycles. The summed E-state index contributed by atoms with van der Waals surface area (Å²) in [4.78, 5) is 44.8. The van der Waals surface area contributed by atoms with Crippen LogP contribution in [0.25, 0.3) is 0 Å². The molecule has 0 radical (unpaired) electrons. The number of nitrogens with one attached hydrogen (secondary N) is 2. The molecule has 0 spiro atoms. The van der Waals surface area contributed by atoms with Gasteiger partial charge in [0.15, 0.2) is 11.6 Å². The quantitative estimate of drug-likeness (QED) is 0.583. The van der Waals surface area contributed by atoms with Crippen molar-refractivity contribution in [2.24, 2.45) is 5.92 Å². The van der Waals surface area contributed by atoms with E-state index >= 15 is 0 Å². The van der Waals surface area contributed by atoms with Crippen molar-refractivity contribution in [3.05, 3.63) is 53.1 Å². The van der Waals surface area contributed by atoms with Crippen molar-refractivity contribution in [2.75, 3.05) is 19.6 Å². The maximum atomic E-state index is 14.8. The Morgan fingerprint density at radius 2 is 1.87 bits per heavy atom. The Labute approximate surface area is 219 Å². The third kappa shape index (κ3) is 4.86. The van der Waals surface area contributed by atoms with E-state index in [0.29, 0.717) is 56.8 Å². The fraction of sp³-hybridized carbons (Fsp3) is 0.556. The van der Waals surface area contributed by atoms with E-state index in [-0.39, 0.29) is 42.5 Å². The van der Waals surface area contributed by atoms with Crippen LogP contribution >= 0.6 is 0 Å². The van der Waals surface area contributed by atoms with Crippen LogP contribution in [0, 0.1) is 17.6 Å². The number of amides is 5. The van der Waals surface area contributed by atoms with Crippen LogP contribution in [0.5, 0.6) is 0 Å². The monoisotopic (exact) mass is 526 g/mol. The van der Waals surface area contributed by atoms with Gasteiger partial charge in [0.25, 0.3) is 0 Å². The van der Waals surface area contributed by atoms with Gasteiger partial charge in [-0.15, -0.1) is 0 Å². The van der Waals surface area contributed by atoms with Crippen LogP contribution in [0.2, 0.25) is 0 Å². The molecule has 9 nitrogen and oxygen atoms in total. The van der Waals surface area contributed by atoms with Crippen LogP contribution in [0.3, 0.4) is 0 Å². The first kappa shape index (κ1) is 24.8. The number of carbonyl (C=O) groups excluding carboxylic acids is 3. The molecule has 1 aliphatic carbocycles. The lowest BCUT2D eigenvalue weighted by Gasteiger charge is -2.36. The third-order valence-corrected chi connectivity index (χ3v) is 8.41. The molecule has 4 aliphatic rings. The number of imidazole rings is 1. The maximum absolute atomic E-state index is 14.8. The number of aromatic nitrogens is 2. The number of hydrogen-bond acceptors (Lipinski definition) is 4. The van der Waals surface area contributed by atoms with Crippen molar-refractivity contribution in [3.63, 3.8) is 0 Å². The zero-order valence-electron chi connectivity index (χ0n) is 21.2. The summed E-state index contributed by atoms with van der Waals surface area (Å²) in [6, 6.07) is 3.34. The van der Waals surface area contributed by atoms with E-state index in [0.717, 1.165) is 24.0 Å². The van der Waals surface area contributed by atoms with Gasteiger partial charge in [0.1, 0.15) is 12.4 Å². The third-order valence-electron chi connectivity index (χ3n) is 8.41. The van der Waals surface area contributed by atoms with Crippen LogP contribution in [-0.4, -0.2) is 63.0 Å². The average Bonchev–Trinajstić information content (AvgIpc) is 3.59. The number of likely N-dealkylation sites (tertiary alicyclic amines) is 1. The molecule has 6 rings (SSSR count). The number of fused-ring (bicyclic) bond motifs is 1. The largest absolute Gasteiger partial charge is 0.330 e. The van der Waals surface area contributed by atoms with Crippen LogP contribution in [-0.2, 0) is 17.8 Å². The van der Waals surface area contributed by atoms with Gasteiger partial charge in [0.05, 0.1) is 6.04 Å². The first-order valence-corrected chi connectivity index (χ1v) is 13.5. The Morgan fingerprint density at radius 3 is 2.58 bits per heavy atom. The van der Waals surface area contributed by atoms with Gasteiger partial charge >= 0.3 is 12.1 Å². The summed E-state index contributed by atoms with van der Waals surface area (Å²) in [5.41, 5.74) is 1.44. The lowest BCUT2D eigenvalue weighted by Crippen LogP contribution is -2.50. The minimum absolute atomic E-state index is 0.0662. The summed E-state index contributed by atoms with van der Waals surface area (Å²) in [5.74, 6) is -0.789. The van der Waals surface area contributed by atoms with Gasteiger partial charge in [0.2, 0.25) is 5.91 Å². The number of benzene rings is 1. The number of imide groups is 1. The number of rotatable bonds is 5. The molecule has 3 fully saturated rings. The van der Waals surface area contributed by atoms with Gasteiger partial charge in [-0.3, -0.25) is 10.1 Å². The topological polar surface area (TPSA) is 99.6 Å². The molecule has 38 heavy (non-hydrogen) atoms. The lowest BCUT2D eigenvalue weighted by atomic mass is 9.92. The number of halogens is 2. The van der Waals surface area contributed by atoms with Crippen molar-refractivity contribution in [3.8, 4) is 0 Å². The van der Waals surface area contributed by atoms with Crippen molar-refractivity contribution >= 4 is 18.0 Å². The average molecular weight is 527 g/mol. The van der Waals surface area contributed by atoms with E-state index in [1.165, 1.54) is 12.8 Å². The summed E-state index contributed by atoms with van der Waals surface area (Å²) in [6.07, 6.45) is 7.46. The molecule has 4 heterocycles. The van der Waals surface area contributed by atoms with Gasteiger partial charge in [0, 0.05) is 43.5 Å². The zero-order valence-corrected chi connectivity index (χ0v) is 21.2. The first-order valence-electron chi connectivity index (χ1n) is 13.5. The van der Waals surface area contributed by atoms with Gasteiger partial charge in [-0.05, 0) is 62.5 Å². The molecular formula is C27H32F2N6O3. The number of urea groups is 2. The molecule has 2 N–H and O–H groups in total. The molecule has 5 amide bonds. The normalized spacial score (nSPS) is 24.3. The summed E-state index contributed by atoms with van der Waals surface area (Å²) in [6.45, 7) is 1.50. The molecule has 11 heteroatoms. The maximum Gasteiger partial charge on any atom is 0.324 e. The highest BCUT2D eigenvalue weighted by atomic mass is 19.2. The predicted molar refractivity (Wildman–Crippen MR) is 133 cm³/mol. The summed E-state index contributed by atoms with van der Waals surface area (Å²) >= 11 is 0. The van der Waals surface area contributed by atoms with Crippen LogP contribution in [0.1, 0.15) is 67.6 Å². The summed E-state index contributed by atoms with van der Waals surface area (Å²) in [5, 5.41) is 5.46. The van der Waals surface area contributed by atoms with E-state index in [9.17, 15) is 23.2 Å². The number of nitrogens with zero attached hydrogens (tertiary/aromatic N) is 4. The Kier molecular flexibility index (Phi) is 6.53. The van der Waals surface area contributed by atoms with Gasteiger partial charge in [-0.1, -0.05) is 12.1 Å². The first-order chi connectivity index (χ1) is 18.4. The number of hydrogen-bond donors (Lipinski definition) is 2. The van der Waals surface area contributed by atoms with Crippen molar-refractivity contribution < 1.29 is 23.2 Å². The number of carbonyl (C=O) groups is 3. The molecule has 202 valence electrons. The minimum atomic E-state index is -0.847. The van der Waals surface area contributed by atoms with Gasteiger partial charge in [-0.25, -0.2) is 23.4 Å². The van der Waals surface area contributed by atoms with E-state index < -0.39 is 11.6 Å². The Bertz CT molecular complexity index is 1250. The minimum Gasteiger partial charge on any atom is -0.330 e. The molecule has 1 aromatic heterocycles. The second-order valence-corrected chi connectivity index (χ2v) is 11.0. The second-order valence-electron chi connectivity index (χ2n) is 11.0. The molecule has 1 saturated carbocycles. The van der Waals surface area contributed by atoms with E-state index in [1.54, 1.807) is 21.9 Å². The highest BCUT2D eigenvalue weighted by molar-refractivity contribution is 6.02. The fourth-order valence-corrected chi connectivity index (χ4v) is 6.10. The SMILES string of the molecule is O=C1CN(C2CCN(C(=O)N[C@@H]3CC[C@@H](c4cccc(F)c4F)Cn4c(CC5CC5)cnc43)CC2)C(=O)N1. The highest BCUT2D eigenvalue weighted by Gasteiger charge is 2.37. The fourth-order valence-electron chi connectivity index (χ4n) is 6.10. The predicted octanol–water partition coefficient (Wildman–Crippen LogP) is 3.46. The lowest BCUT2D eigenvalue weighted by molar-refractivity contribution is -0.118. The smallest absolute Gasteiger partial charge is 0.324 e. The Morgan fingerprint density at radius 1 is 1.08 bits per heavy atom. The molecule has 2 atom stereocenters. The van der Waals surface area contributed by atoms with Crippen molar-refractivity contribution in [1.29, 1.82) is 0 Å². The Balaban J connectivity index is 1.17. The highest BCUT2D eigenvalue weighted by Crippen LogP contribution is 2.38. The van der Waals surface area contributed by atoms with Crippen LogP contribution in [0.15, 0.2) is 24.4 Å². The summed E-state index contributed by atoms with van der Waals surface area (Å²) < 4.78 is 30.9. The molecule has 2 saturated heterocycles. The summed E-state index contributed by atoms with van der Waals surface area (Å²) in [7, 11) is 0. The van der Waals surface area contributed by atoms with Crippen LogP contribution in [0.4, 0.5) is 18.4 Å². The zero-order chi connectivity index (χ0) is 26.4. The Hall–Kier alpha value is -3.50. The van der Waals surface area contributed by atoms with Crippen molar-refractivity contribution in [1.82, 2.24) is 30.0 Å². The standard InChI is InChI=1S/C27H32F2N6O3/c28-21-3-1-2-20(24(21)29)17-6-7-22(25-30-13-19(34(25)14-17)12-16-4-5-16)31-26(37)33-10-8-18(9-11-33)35-15-23(36)32-27(35)38/h1-3,13,16-18,22H,4-12,14-15H2,(H,31,37)(H,32,36,38)/t17-,22-/m1/s1. The van der Waals surface area contributed by atoms with Gasteiger partial charge in [-0.2, -0.15) is 0 Å². The van der Waals surface area contributed by atoms with Crippen LogP contribution < -0.4 is 10.6 Å². The van der Waals surface area contributed by atoms with Gasteiger partial charge < -0.3 is 19.7 Å². The molecule has 1 aromatic carbocycles. The number of piperidine rings is 1. The molecule has 0 bridgehead atoms. The van der Waals surface area contributed by atoms with E-state index in [4.69, 9.17) is 4.98 Å². The second kappa shape index (κ2) is 9.99.